The molecule has 0 atom stereocenters. The Hall–Kier alpha value is -1.53. The van der Waals surface area contributed by atoms with Gasteiger partial charge in [-0.25, -0.2) is 9.97 Å². The van der Waals surface area contributed by atoms with Gasteiger partial charge in [0, 0.05) is 17.5 Å². The Bertz CT molecular complexity index is 632. The number of aryl methyl sites for hydroxylation is 1. The first kappa shape index (κ1) is 11.6. The summed E-state index contributed by atoms with van der Waals surface area (Å²) in [4.78, 5) is 23.6. The smallest absolute Gasteiger partial charge is 0.256 e. The molecule has 0 saturated heterocycles. The molecule has 1 aliphatic rings. The summed E-state index contributed by atoms with van der Waals surface area (Å²) < 4.78 is 5.27. The summed E-state index contributed by atoms with van der Waals surface area (Å²) in [5.41, 5.74) is 2.46. The summed E-state index contributed by atoms with van der Waals surface area (Å²) in [5, 5.41) is 2.97. The fourth-order valence-electron chi connectivity index (χ4n) is 2.01. The number of fused-ring (bicyclic) bond motifs is 1. The van der Waals surface area contributed by atoms with Crippen LogP contribution >= 0.6 is 11.3 Å². The Morgan fingerprint density at radius 1 is 1.50 bits per heavy atom. The van der Waals surface area contributed by atoms with E-state index in [2.05, 4.69) is 15.0 Å². The lowest BCUT2D eigenvalue weighted by atomic mass is 10.1. The Balaban J connectivity index is 1.93. The molecule has 94 valence electrons. The molecule has 0 unspecified atom stereocenters. The van der Waals surface area contributed by atoms with Crippen molar-refractivity contribution in [3.63, 3.8) is 0 Å². The number of hydrogen-bond acceptors (Lipinski definition) is 5. The first-order valence-corrected chi connectivity index (χ1v) is 6.70. The number of rotatable bonds is 2. The third kappa shape index (κ3) is 2.21. The molecule has 5 nitrogen and oxygen atoms in total. The molecular formula is C12H13N3O2S. The van der Waals surface area contributed by atoms with Crippen molar-refractivity contribution in [3.05, 3.63) is 43.5 Å². The molecule has 0 radical (unpaired) electrons. The molecule has 0 bridgehead atoms. The third-order valence-electron chi connectivity index (χ3n) is 2.87. The predicted octanol–water partition coefficient (Wildman–Crippen LogP) is 1.20. The average molecular weight is 263 g/mol. The maximum Gasteiger partial charge on any atom is 0.256 e. The summed E-state index contributed by atoms with van der Waals surface area (Å²) in [6, 6.07) is 0. The van der Waals surface area contributed by atoms with E-state index in [1.807, 2.05) is 12.3 Å². The molecule has 1 aliphatic heterocycles. The van der Waals surface area contributed by atoms with E-state index < -0.39 is 0 Å². The SMILES string of the molecule is Cc1csc(Cc2nc3c(c(=O)[nH]2)COCC3)n1. The van der Waals surface area contributed by atoms with Gasteiger partial charge in [-0.05, 0) is 6.92 Å². The Morgan fingerprint density at radius 2 is 2.39 bits per heavy atom. The summed E-state index contributed by atoms with van der Waals surface area (Å²) in [7, 11) is 0. The second-order valence-electron chi connectivity index (χ2n) is 4.30. The fourth-order valence-corrected chi connectivity index (χ4v) is 2.78. The maximum absolute atomic E-state index is 11.9. The van der Waals surface area contributed by atoms with E-state index in [0.717, 1.165) is 16.4 Å². The van der Waals surface area contributed by atoms with E-state index in [-0.39, 0.29) is 5.56 Å². The van der Waals surface area contributed by atoms with Crippen LogP contribution in [0.1, 0.15) is 27.8 Å². The van der Waals surface area contributed by atoms with E-state index in [4.69, 9.17) is 4.74 Å². The van der Waals surface area contributed by atoms with Crippen LogP contribution in [0.4, 0.5) is 0 Å². The number of thiazole rings is 1. The molecule has 0 aliphatic carbocycles. The van der Waals surface area contributed by atoms with Gasteiger partial charge in [-0.15, -0.1) is 11.3 Å². The summed E-state index contributed by atoms with van der Waals surface area (Å²) in [5.74, 6) is 0.690. The van der Waals surface area contributed by atoms with Crippen LogP contribution in [0.2, 0.25) is 0 Å². The van der Waals surface area contributed by atoms with Crippen molar-refractivity contribution in [3.8, 4) is 0 Å². The lowest BCUT2D eigenvalue weighted by molar-refractivity contribution is 0.108. The van der Waals surface area contributed by atoms with Crippen molar-refractivity contribution in [2.75, 3.05) is 6.61 Å². The van der Waals surface area contributed by atoms with Crippen molar-refractivity contribution in [2.24, 2.45) is 0 Å². The molecule has 3 rings (SSSR count). The zero-order chi connectivity index (χ0) is 12.5. The molecule has 0 fully saturated rings. The average Bonchev–Trinajstić information content (AvgIpc) is 2.75. The fraction of sp³-hybridized carbons (Fsp3) is 0.417. The van der Waals surface area contributed by atoms with E-state index in [9.17, 15) is 4.79 Å². The van der Waals surface area contributed by atoms with Gasteiger partial charge in [0.2, 0.25) is 0 Å². The zero-order valence-electron chi connectivity index (χ0n) is 10.0. The molecule has 6 heteroatoms. The molecule has 0 saturated carbocycles. The highest BCUT2D eigenvalue weighted by Crippen LogP contribution is 2.14. The lowest BCUT2D eigenvalue weighted by Crippen LogP contribution is -2.25. The number of aromatic amines is 1. The van der Waals surface area contributed by atoms with Gasteiger partial charge in [-0.3, -0.25) is 4.79 Å². The van der Waals surface area contributed by atoms with Gasteiger partial charge in [0.25, 0.3) is 5.56 Å². The van der Waals surface area contributed by atoms with Gasteiger partial charge in [-0.1, -0.05) is 0 Å². The topological polar surface area (TPSA) is 67.9 Å². The van der Waals surface area contributed by atoms with Crippen molar-refractivity contribution >= 4 is 11.3 Å². The van der Waals surface area contributed by atoms with Crippen LogP contribution in [0.25, 0.3) is 0 Å². The summed E-state index contributed by atoms with van der Waals surface area (Å²) in [6.45, 7) is 2.97. The second-order valence-corrected chi connectivity index (χ2v) is 5.24. The second kappa shape index (κ2) is 4.62. The predicted molar refractivity (Wildman–Crippen MR) is 67.9 cm³/mol. The van der Waals surface area contributed by atoms with Crippen LogP contribution in [-0.4, -0.2) is 21.6 Å². The molecule has 18 heavy (non-hydrogen) atoms. The Kier molecular flexibility index (Phi) is 2.97. The van der Waals surface area contributed by atoms with Crippen LogP contribution in [0.5, 0.6) is 0 Å². The number of ether oxygens (including phenoxy) is 1. The van der Waals surface area contributed by atoms with E-state index in [1.54, 1.807) is 11.3 Å². The van der Waals surface area contributed by atoms with Crippen LogP contribution in [0.3, 0.4) is 0 Å². The molecule has 2 aromatic rings. The van der Waals surface area contributed by atoms with Gasteiger partial charge in [0.15, 0.2) is 0 Å². The first-order chi connectivity index (χ1) is 8.72. The first-order valence-electron chi connectivity index (χ1n) is 5.82. The molecular weight excluding hydrogens is 250 g/mol. The largest absolute Gasteiger partial charge is 0.376 e. The normalized spacial score (nSPS) is 14.5. The van der Waals surface area contributed by atoms with E-state index in [1.165, 1.54) is 0 Å². The quantitative estimate of drug-likeness (QED) is 0.884. The molecule has 0 amide bonds. The maximum atomic E-state index is 11.9. The van der Waals surface area contributed by atoms with Gasteiger partial charge in [-0.2, -0.15) is 0 Å². The standard InChI is InChI=1S/C12H13N3O2S/c1-7-6-18-11(13-7)4-10-14-9-2-3-17-5-8(9)12(16)15-10/h6H,2-5H2,1H3,(H,14,15,16). The van der Waals surface area contributed by atoms with Crippen molar-refractivity contribution in [1.29, 1.82) is 0 Å². The highest BCUT2D eigenvalue weighted by Gasteiger charge is 2.16. The minimum Gasteiger partial charge on any atom is -0.376 e. The Morgan fingerprint density at radius 3 is 3.17 bits per heavy atom. The molecule has 0 aromatic carbocycles. The summed E-state index contributed by atoms with van der Waals surface area (Å²) >= 11 is 1.59. The monoisotopic (exact) mass is 263 g/mol. The number of hydrogen-bond donors (Lipinski definition) is 1. The highest BCUT2D eigenvalue weighted by atomic mass is 32.1. The summed E-state index contributed by atoms with van der Waals surface area (Å²) in [6.07, 6.45) is 1.30. The highest BCUT2D eigenvalue weighted by molar-refractivity contribution is 7.09. The Labute approximate surface area is 108 Å². The number of nitrogens with one attached hydrogen (secondary N) is 1. The zero-order valence-corrected chi connectivity index (χ0v) is 10.8. The van der Waals surface area contributed by atoms with Gasteiger partial charge in [0.05, 0.1) is 30.9 Å². The van der Waals surface area contributed by atoms with Crippen LogP contribution in [0, 0.1) is 6.92 Å². The van der Waals surface area contributed by atoms with Crippen LogP contribution < -0.4 is 5.56 Å². The minimum atomic E-state index is -0.0806. The number of aromatic nitrogens is 3. The third-order valence-corrected chi connectivity index (χ3v) is 3.83. The minimum absolute atomic E-state index is 0.0806. The molecule has 3 heterocycles. The van der Waals surface area contributed by atoms with Gasteiger partial charge >= 0.3 is 0 Å². The lowest BCUT2D eigenvalue weighted by Gasteiger charge is -2.14. The van der Waals surface area contributed by atoms with Crippen LogP contribution in [0.15, 0.2) is 10.2 Å². The van der Waals surface area contributed by atoms with Crippen molar-refractivity contribution in [2.45, 2.75) is 26.4 Å². The van der Waals surface area contributed by atoms with Crippen LogP contribution in [-0.2, 0) is 24.2 Å². The molecule has 2 aromatic heterocycles. The number of H-pyrrole nitrogens is 1. The molecule has 1 N–H and O–H groups in total. The molecule has 0 spiro atoms. The number of nitrogens with zero attached hydrogens (tertiary/aromatic N) is 2. The van der Waals surface area contributed by atoms with Gasteiger partial charge in [0.1, 0.15) is 10.8 Å². The van der Waals surface area contributed by atoms with Crippen molar-refractivity contribution < 1.29 is 4.74 Å². The van der Waals surface area contributed by atoms with E-state index >= 15 is 0 Å². The van der Waals surface area contributed by atoms with E-state index in [0.29, 0.717) is 37.4 Å². The van der Waals surface area contributed by atoms with Gasteiger partial charge < -0.3 is 9.72 Å². The van der Waals surface area contributed by atoms with Crippen molar-refractivity contribution in [1.82, 2.24) is 15.0 Å².